The zero-order chi connectivity index (χ0) is 7.83. The van der Waals surface area contributed by atoms with E-state index in [1.807, 2.05) is 0 Å². The summed E-state index contributed by atoms with van der Waals surface area (Å²) < 4.78 is 0. The Hall–Kier alpha value is 0.0600. The highest BCUT2D eigenvalue weighted by Crippen LogP contribution is 2.53. The Morgan fingerprint density at radius 3 is 1.40 bits per heavy atom. The maximum Gasteiger partial charge on any atom is 0.0850 e. The fraction of sp³-hybridized carbons (Fsp3) is 0.500. The highest BCUT2D eigenvalue weighted by molar-refractivity contribution is 6.38. The molecule has 2 atom stereocenters. The lowest BCUT2D eigenvalue weighted by Gasteiger charge is -2.48. The van der Waals surface area contributed by atoms with Gasteiger partial charge in [0, 0.05) is 0 Å². The van der Waals surface area contributed by atoms with E-state index < -0.39 is 9.75 Å². The first-order valence-corrected chi connectivity index (χ1v) is 3.98. The van der Waals surface area contributed by atoms with E-state index >= 15 is 0 Å². The van der Waals surface area contributed by atoms with Crippen LogP contribution in [-0.2, 0) is 0 Å². The minimum absolute atomic E-state index is 0.448. The average molecular weight is 177 g/mol. The molecule has 0 heterocycles. The SMILES string of the molecule is C=C[C@@]1(Cl)CC[C@]1(Cl)C=C. The molecule has 0 aromatic heterocycles. The molecule has 1 fully saturated rings. The minimum atomic E-state index is -0.448. The largest absolute Gasteiger partial charge is 0.112 e. The quantitative estimate of drug-likeness (QED) is 0.449. The molecule has 0 radical (unpaired) electrons. The molecule has 0 N–H and O–H groups in total. The topological polar surface area (TPSA) is 0 Å². The maximum atomic E-state index is 6.08. The van der Waals surface area contributed by atoms with Crippen molar-refractivity contribution < 1.29 is 0 Å². The van der Waals surface area contributed by atoms with E-state index in [0.717, 1.165) is 12.8 Å². The smallest absolute Gasteiger partial charge is 0.0850 e. The van der Waals surface area contributed by atoms with E-state index in [1.54, 1.807) is 12.2 Å². The van der Waals surface area contributed by atoms with Crippen molar-refractivity contribution in [2.24, 2.45) is 0 Å². The lowest BCUT2D eigenvalue weighted by atomic mass is 9.72. The van der Waals surface area contributed by atoms with Crippen molar-refractivity contribution >= 4 is 23.2 Å². The van der Waals surface area contributed by atoms with Gasteiger partial charge in [0.05, 0.1) is 9.75 Å². The zero-order valence-corrected chi connectivity index (χ0v) is 7.25. The first-order chi connectivity index (χ1) is 4.58. The molecule has 0 aliphatic heterocycles. The monoisotopic (exact) mass is 176 g/mol. The van der Waals surface area contributed by atoms with Crippen molar-refractivity contribution in [3.8, 4) is 0 Å². The Morgan fingerprint density at radius 1 is 1.00 bits per heavy atom. The maximum absolute atomic E-state index is 6.08. The molecule has 0 amide bonds. The van der Waals surface area contributed by atoms with Gasteiger partial charge >= 0.3 is 0 Å². The Bertz CT molecular complexity index is 156. The molecule has 0 nitrogen and oxygen atoms in total. The number of allylic oxidation sites excluding steroid dienone is 2. The van der Waals surface area contributed by atoms with E-state index in [1.165, 1.54) is 0 Å². The molecule has 0 saturated heterocycles. The predicted octanol–water partition coefficient (Wildman–Crippen LogP) is 3.11. The summed E-state index contributed by atoms with van der Waals surface area (Å²) >= 11 is 12.2. The van der Waals surface area contributed by atoms with Crippen molar-refractivity contribution in [3.05, 3.63) is 25.3 Å². The van der Waals surface area contributed by atoms with Gasteiger partial charge in [-0.2, -0.15) is 0 Å². The molecule has 0 aromatic rings. The molecule has 0 unspecified atom stereocenters. The molecule has 10 heavy (non-hydrogen) atoms. The van der Waals surface area contributed by atoms with Crippen LogP contribution in [0.1, 0.15) is 12.8 Å². The second-order valence-electron chi connectivity index (χ2n) is 2.63. The van der Waals surface area contributed by atoms with Crippen LogP contribution in [0.4, 0.5) is 0 Å². The summed E-state index contributed by atoms with van der Waals surface area (Å²) in [5.41, 5.74) is 0. The summed E-state index contributed by atoms with van der Waals surface area (Å²) in [4.78, 5) is -0.896. The Kier molecular flexibility index (Phi) is 1.86. The van der Waals surface area contributed by atoms with Crippen LogP contribution in [0.3, 0.4) is 0 Å². The molecule has 1 rings (SSSR count). The minimum Gasteiger partial charge on any atom is -0.112 e. The predicted molar refractivity (Wildman–Crippen MR) is 46.8 cm³/mol. The fourth-order valence-electron chi connectivity index (χ4n) is 1.15. The molecule has 1 aliphatic carbocycles. The third-order valence-corrected chi connectivity index (χ3v) is 3.65. The Balaban J connectivity index is 2.83. The van der Waals surface area contributed by atoms with E-state index in [-0.39, 0.29) is 0 Å². The Morgan fingerprint density at radius 2 is 1.30 bits per heavy atom. The number of rotatable bonds is 2. The summed E-state index contributed by atoms with van der Waals surface area (Å²) in [6.45, 7) is 7.27. The lowest BCUT2D eigenvalue weighted by molar-refractivity contribution is 0.351. The molecular formula is C8H10Cl2. The third-order valence-electron chi connectivity index (χ3n) is 2.19. The van der Waals surface area contributed by atoms with E-state index in [4.69, 9.17) is 23.2 Å². The van der Waals surface area contributed by atoms with E-state index in [9.17, 15) is 0 Å². The van der Waals surface area contributed by atoms with Crippen LogP contribution in [0.15, 0.2) is 25.3 Å². The van der Waals surface area contributed by atoms with Crippen LogP contribution in [0.2, 0.25) is 0 Å². The van der Waals surface area contributed by atoms with Crippen LogP contribution >= 0.6 is 23.2 Å². The highest BCUT2D eigenvalue weighted by Gasteiger charge is 2.53. The lowest BCUT2D eigenvalue weighted by Crippen LogP contribution is -2.52. The molecule has 1 saturated carbocycles. The van der Waals surface area contributed by atoms with Crippen molar-refractivity contribution in [2.75, 3.05) is 0 Å². The number of halogens is 2. The van der Waals surface area contributed by atoms with Crippen molar-refractivity contribution in [1.29, 1.82) is 0 Å². The van der Waals surface area contributed by atoms with Crippen molar-refractivity contribution in [2.45, 2.75) is 22.6 Å². The van der Waals surface area contributed by atoms with Crippen LogP contribution < -0.4 is 0 Å². The standard InChI is InChI=1S/C8H10Cl2/c1-3-7(9)5-6-8(7,10)4-2/h3-4H,1-2,5-6H2/t7-,8-/m1/s1. The normalized spacial score (nSPS) is 45.8. The number of hydrogen-bond donors (Lipinski definition) is 0. The highest BCUT2D eigenvalue weighted by atomic mass is 35.5. The first-order valence-electron chi connectivity index (χ1n) is 3.23. The van der Waals surface area contributed by atoms with E-state index in [0.29, 0.717) is 0 Å². The van der Waals surface area contributed by atoms with Crippen LogP contribution in [0.5, 0.6) is 0 Å². The van der Waals surface area contributed by atoms with Gasteiger partial charge in [-0.05, 0) is 12.8 Å². The van der Waals surface area contributed by atoms with Gasteiger partial charge in [0.1, 0.15) is 0 Å². The van der Waals surface area contributed by atoms with Crippen LogP contribution in [0.25, 0.3) is 0 Å². The van der Waals surface area contributed by atoms with Gasteiger partial charge in [-0.15, -0.1) is 36.4 Å². The third kappa shape index (κ3) is 0.826. The molecule has 0 spiro atoms. The molecular weight excluding hydrogens is 167 g/mol. The van der Waals surface area contributed by atoms with E-state index in [2.05, 4.69) is 13.2 Å². The fourth-order valence-corrected chi connectivity index (χ4v) is 1.68. The summed E-state index contributed by atoms with van der Waals surface area (Å²) in [5.74, 6) is 0. The second-order valence-corrected chi connectivity index (χ2v) is 3.98. The number of hydrogen-bond acceptors (Lipinski definition) is 0. The van der Waals surface area contributed by atoms with Gasteiger partial charge in [0.15, 0.2) is 0 Å². The van der Waals surface area contributed by atoms with Gasteiger partial charge in [0.25, 0.3) is 0 Å². The van der Waals surface area contributed by atoms with Gasteiger partial charge in [0.2, 0.25) is 0 Å². The second kappa shape index (κ2) is 2.28. The van der Waals surface area contributed by atoms with Gasteiger partial charge in [-0.25, -0.2) is 0 Å². The van der Waals surface area contributed by atoms with Gasteiger partial charge in [-0.1, -0.05) is 12.2 Å². The van der Waals surface area contributed by atoms with Crippen molar-refractivity contribution in [3.63, 3.8) is 0 Å². The molecule has 0 bridgehead atoms. The summed E-state index contributed by atoms with van der Waals surface area (Å²) in [5, 5.41) is 0. The summed E-state index contributed by atoms with van der Waals surface area (Å²) in [6.07, 6.45) is 5.20. The Labute approximate surface area is 71.5 Å². The zero-order valence-electron chi connectivity index (χ0n) is 5.74. The van der Waals surface area contributed by atoms with Crippen molar-refractivity contribution in [1.82, 2.24) is 0 Å². The number of alkyl halides is 2. The summed E-state index contributed by atoms with van der Waals surface area (Å²) in [6, 6.07) is 0. The molecule has 2 heteroatoms. The first kappa shape index (κ1) is 8.16. The van der Waals surface area contributed by atoms with Crippen LogP contribution in [-0.4, -0.2) is 9.75 Å². The molecule has 1 aliphatic rings. The van der Waals surface area contributed by atoms with Gasteiger partial charge in [-0.3, -0.25) is 0 Å². The molecule has 56 valence electrons. The van der Waals surface area contributed by atoms with Gasteiger partial charge < -0.3 is 0 Å². The molecule has 0 aromatic carbocycles. The van der Waals surface area contributed by atoms with Crippen LogP contribution in [0, 0.1) is 0 Å². The average Bonchev–Trinajstić information content (AvgIpc) is 1.99. The summed E-state index contributed by atoms with van der Waals surface area (Å²) in [7, 11) is 0.